The molecule has 5 heteroatoms. The van der Waals surface area contributed by atoms with E-state index < -0.39 is 5.60 Å². The van der Waals surface area contributed by atoms with E-state index in [4.69, 9.17) is 4.42 Å². The largest absolute Gasteiger partial charge is 0.466 e. The number of carbonyl (C=O) groups excluding carboxylic acids is 1. The van der Waals surface area contributed by atoms with Crippen LogP contribution in [-0.4, -0.2) is 17.7 Å². The number of carbonyl (C=O) groups is 1. The van der Waals surface area contributed by atoms with Crippen molar-refractivity contribution in [3.05, 3.63) is 60.1 Å². The zero-order chi connectivity index (χ0) is 17.8. The molecule has 0 aliphatic carbocycles. The number of furan rings is 1. The van der Waals surface area contributed by atoms with Crippen LogP contribution in [0.25, 0.3) is 0 Å². The summed E-state index contributed by atoms with van der Waals surface area (Å²) in [6.45, 7) is 7.88. The molecule has 2 unspecified atom stereocenters. The van der Waals surface area contributed by atoms with Crippen molar-refractivity contribution in [1.82, 2.24) is 10.6 Å². The second-order valence-corrected chi connectivity index (χ2v) is 7.29. The topological polar surface area (TPSA) is 74.5 Å². The molecule has 2 amide bonds. The molecule has 2 atom stereocenters. The van der Waals surface area contributed by atoms with Crippen LogP contribution in [-0.2, 0) is 5.60 Å². The number of hydrogen-bond acceptors (Lipinski definition) is 3. The Hall–Kier alpha value is -2.27. The van der Waals surface area contributed by atoms with Crippen molar-refractivity contribution >= 4 is 6.03 Å². The second-order valence-electron chi connectivity index (χ2n) is 7.29. The molecule has 130 valence electrons. The van der Waals surface area contributed by atoms with Gasteiger partial charge >= 0.3 is 6.03 Å². The molecule has 0 spiro atoms. The Morgan fingerprint density at radius 2 is 1.79 bits per heavy atom. The van der Waals surface area contributed by atoms with Gasteiger partial charge in [-0.25, -0.2) is 4.79 Å². The lowest BCUT2D eigenvalue weighted by Crippen LogP contribution is -2.46. The van der Waals surface area contributed by atoms with Gasteiger partial charge in [0.15, 0.2) is 0 Å². The Bertz CT molecular complexity index is 643. The van der Waals surface area contributed by atoms with E-state index in [1.165, 1.54) is 6.26 Å². The van der Waals surface area contributed by atoms with Crippen LogP contribution in [0.5, 0.6) is 0 Å². The van der Waals surface area contributed by atoms with Crippen molar-refractivity contribution in [3.8, 4) is 0 Å². The Kier molecular flexibility index (Phi) is 5.34. The van der Waals surface area contributed by atoms with E-state index in [1.54, 1.807) is 19.1 Å². The molecule has 2 rings (SSSR count). The molecule has 5 nitrogen and oxygen atoms in total. The molecule has 0 radical (unpaired) electrons. The molecule has 0 saturated heterocycles. The van der Waals surface area contributed by atoms with Gasteiger partial charge in [0.25, 0.3) is 0 Å². The molecule has 1 aromatic carbocycles. The minimum Gasteiger partial charge on any atom is -0.466 e. The number of amides is 2. The molecule has 24 heavy (non-hydrogen) atoms. The molecule has 0 bridgehead atoms. The summed E-state index contributed by atoms with van der Waals surface area (Å²) in [6.07, 6.45) is 1.49. The summed E-state index contributed by atoms with van der Waals surface area (Å²) >= 11 is 0. The quantitative estimate of drug-likeness (QED) is 0.784. The van der Waals surface area contributed by atoms with E-state index in [0.29, 0.717) is 5.76 Å². The van der Waals surface area contributed by atoms with Crippen molar-refractivity contribution < 1.29 is 14.3 Å². The van der Waals surface area contributed by atoms with Crippen LogP contribution in [0.1, 0.15) is 45.1 Å². The molecule has 0 saturated carbocycles. The highest BCUT2D eigenvalue weighted by molar-refractivity contribution is 5.74. The molecular weight excluding hydrogens is 304 g/mol. The molecule has 2 aromatic rings. The van der Waals surface area contributed by atoms with Crippen LogP contribution in [0.15, 0.2) is 53.1 Å². The number of benzene rings is 1. The Balaban J connectivity index is 2.01. The van der Waals surface area contributed by atoms with Crippen LogP contribution in [0.4, 0.5) is 4.79 Å². The van der Waals surface area contributed by atoms with Gasteiger partial charge in [-0.2, -0.15) is 0 Å². The molecule has 0 fully saturated rings. The normalized spacial score (nSPS) is 15.4. The third kappa shape index (κ3) is 4.61. The van der Waals surface area contributed by atoms with E-state index in [0.717, 1.165) is 5.56 Å². The standard InChI is InChI=1S/C19H26N2O3/c1-18(2,3)16(14-9-6-5-7-10-14)21-17(22)20-13-19(4,23)15-11-8-12-24-15/h5-12,16,23H,13H2,1-4H3,(H2,20,21,22). The summed E-state index contributed by atoms with van der Waals surface area (Å²) in [5.41, 5.74) is -0.370. The first-order valence-corrected chi connectivity index (χ1v) is 8.06. The molecular formula is C19H26N2O3. The average Bonchev–Trinajstić information content (AvgIpc) is 3.06. The fourth-order valence-electron chi connectivity index (χ4n) is 2.55. The SMILES string of the molecule is CC(O)(CNC(=O)NC(c1ccccc1)C(C)(C)C)c1ccco1. The lowest BCUT2D eigenvalue weighted by molar-refractivity contribution is 0.0365. The summed E-state index contributed by atoms with van der Waals surface area (Å²) in [6, 6.07) is 12.8. The van der Waals surface area contributed by atoms with E-state index in [-0.39, 0.29) is 24.0 Å². The Morgan fingerprint density at radius 3 is 2.33 bits per heavy atom. The lowest BCUT2D eigenvalue weighted by Gasteiger charge is -2.32. The molecule has 1 aromatic heterocycles. The highest BCUT2D eigenvalue weighted by atomic mass is 16.4. The van der Waals surface area contributed by atoms with E-state index in [9.17, 15) is 9.90 Å². The average molecular weight is 330 g/mol. The maximum Gasteiger partial charge on any atom is 0.315 e. The third-order valence-corrected chi connectivity index (χ3v) is 3.92. The van der Waals surface area contributed by atoms with E-state index in [1.807, 2.05) is 30.3 Å². The Labute approximate surface area is 143 Å². The number of hydrogen-bond donors (Lipinski definition) is 3. The van der Waals surface area contributed by atoms with Crippen molar-refractivity contribution in [2.75, 3.05) is 6.54 Å². The van der Waals surface area contributed by atoms with Crippen molar-refractivity contribution in [2.45, 2.75) is 39.3 Å². The number of aliphatic hydroxyl groups is 1. The highest BCUT2D eigenvalue weighted by Gasteiger charge is 2.30. The fourth-order valence-corrected chi connectivity index (χ4v) is 2.55. The minimum absolute atomic E-state index is 0.0536. The third-order valence-electron chi connectivity index (χ3n) is 3.92. The zero-order valence-corrected chi connectivity index (χ0v) is 14.7. The predicted molar refractivity (Wildman–Crippen MR) is 93.5 cm³/mol. The first-order chi connectivity index (χ1) is 11.2. The summed E-state index contributed by atoms with van der Waals surface area (Å²) in [5.74, 6) is 0.415. The van der Waals surface area contributed by atoms with Crippen LogP contribution >= 0.6 is 0 Å². The van der Waals surface area contributed by atoms with Crippen LogP contribution in [0.3, 0.4) is 0 Å². The maximum atomic E-state index is 12.3. The first-order valence-electron chi connectivity index (χ1n) is 8.06. The van der Waals surface area contributed by atoms with Crippen LogP contribution < -0.4 is 10.6 Å². The molecule has 0 aliphatic rings. The van der Waals surface area contributed by atoms with Gasteiger partial charge < -0.3 is 20.2 Å². The van der Waals surface area contributed by atoms with E-state index >= 15 is 0 Å². The lowest BCUT2D eigenvalue weighted by atomic mass is 9.82. The maximum absolute atomic E-state index is 12.3. The van der Waals surface area contributed by atoms with E-state index in [2.05, 4.69) is 31.4 Å². The summed E-state index contributed by atoms with van der Waals surface area (Å²) < 4.78 is 5.21. The van der Waals surface area contributed by atoms with Crippen molar-refractivity contribution in [3.63, 3.8) is 0 Å². The predicted octanol–water partition coefficient (Wildman–Crippen LogP) is 3.57. The minimum atomic E-state index is -1.26. The van der Waals surface area contributed by atoms with Crippen LogP contribution in [0.2, 0.25) is 0 Å². The van der Waals surface area contributed by atoms with Crippen molar-refractivity contribution in [2.24, 2.45) is 5.41 Å². The summed E-state index contributed by atoms with van der Waals surface area (Å²) in [5, 5.41) is 16.1. The second kappa shape index (κ2) is 7.09. The Morgan fingerprint density at radius 1 is 1.12 bits per heavy atom. The zero-order valence-electron chi connectivity index (χ0n) is 14.7. The fraction of sp³-hybridized carbons (Fsp3) is 0.421. The summed E-state index contributed by atoms with van der Waals surface area (Å²) in [7, 11) is 0. The number of nitrogens with one attached hydrogen (secondary N) is 2. The van der Waals surface area contributed by atoms with Crippen LogP contribution in [0, 0.1) is 5.41 Å². The monoisotopic (exact) mass is 330 g/mol. The van der Waals surface area contributed by atoms with Gasteiger partial charge in [-0.15, -0.1) is 0 Å². The first kappa shape index (κ1) is 18.1. The molecule has 3 N–H and O–H groups in total. The number of urea groups is 1. The number of rotatable bonds is 5. The van der Waals surface area contributed by atoms with Gasteiger partial charge in [0.05, 0.1) is 18.8 Å². The van der Waals surface area contributed by atoms with Gasteiger partial charge in [0.1, 0.15) is 11.4 Å². The van der Waals surface area contributed by atoms with Gasteiger partial charge in [0, 0.05) is 0 Å². The molecule has 0 aliphatic heterocycles. The smallest absolute Gasteiger partial charge is 0.315 e. The highest BCUT2D eigenvalue weighted by Crippen LogP contribution is 2.32. The van der Waals surface area contributed by atoms with Crippen molar-refractivity contribution in [1.29, 1.82) is 0 Å². The van der Waals surface area contributed by atoms with Gasteiger partial charge in [-0.05, 0) is 30.0 Å². The summed E-state index contributed by atoms with van der Waals surface area (Å²) in [4.78, 5) is 12.3. The molecule has 1 heterocycles. The van der Waals surface area contributed by atoms with Gasteiger partial charge in [-0.1, -0.05) is 51.1 Å². The van der Waals surface area contributed by atoms with Gasteiger partial charge in [0.2, 0.25) is 0 Å². The van der Waals surface area contributed by atoms with Gasteiger partial charge in [-0.3, -0.25) is 0 Å².